The van der Waals surface area contributed by atoms with Gasteiger partial charge in [0, 0.05) is 39.6 Å². The van der Waals surface area contributed by atoms with Crippen molar-refractivity contribution in [3.63, 3.8) is 0 Å². The second-order valence-corrected chi connectivity index (χ2v) is 10.7. The van der Waals surface area contributed by atoms with E-state index in [1.54, 1.807) is 35.2 Å². The van der Waals surface area contributed by atoms with Gasteiger partial charge in [-0.25, -0.2) is 0 Å². The Bertz CT molecular complexity index is 995. The molecule has 32 heavy (non-hydrogen) atoms. The number of rotatable bonds is 5. The lowest BCUT2D eigenvalue weighted by molar-refractivity contribution is -0.156. The zero-order valence-electron chi connectivity index (χ0n) is 18.9. The maximum Gasteiger partial charge on any atom is 0.251 e. The lowest BCUT2D eigenvalue weighted by Gasteiger charge is -2.51. The molecule has 2 aromatic carbocycles. The molecule has 2 aromatic rings. The molecule has 5 nitrogen and oxygen atoms in total. The highest BCUT2D eigenvalue weighted by atomic mass is 79.9. The average Bonchev–Trinajstić information content (AvgIpc) is 2.74. The number of halogens is 2. The first-order valence-corrected chi connectivity index (χ1v) is 12.0. The van der Waals surface area contributed by atoms with Crippen LogP contribution in [0.5, 0.6) is 0 Å². The number of nitrogens with one attached hydrogen (secondary N) is 1. The first-order chi connectivity index (χ1) is 14.9. The van der Waals surface area contributed by atoms with Crippen molar-refractivity contribution in [3.05, 3.63) is 69.2 Å². The van der Waals surface area contributed by atoms with Crippen molar-refractivity contribution in [1.82, 2.24) is 10.2 Å². The topological polar surface area (TPSA) is 69.6 Å². The summed E-state index contributed by atoms with van der Waals surface area (Å²) in [7, 11) is 0. The van der Waals surface area contributed by atoms with Gasteiger partial charge in [-0.15, -0.1) is 0 Å². The number of aliphatic hydroxyl groups is 1. The number of nitrogens with zero attached hydrogens (tertiary/aromatic N) is 1. The van der Waals surface area contributed by atoms with Crippen LogP contribution in [0, 0.1) is 11.3 Å². The average molecular weight is 522 g/mol. The minimum absolute atomic E-state index is 0.0294. The Labute approximate surface area is 203 Å². The molecule has 1 saturated heterocycles. The summed E-state index contributed by atoms with van der Waals surface area (Å²) in [6.07, 6.45) is 0.429. The maximum atomic E-state index is 13.3. The van der Waals surface area contributed by atoms with Gasteiger partial charge in [-0.05, 0) is 49.2 Å². The molecule has 0 aromatic heterocycles. The molecule has 1 heterocycles. The van der Waals surface area contributed by atoms with Crippen molar-refractivity contribution < 1.29 is 14.7 Å². The van der Waals surface area contributed by atoms with E-state index in [0.717, 1.165) is 10.0 Å². The SMILES string of the molecule is CC(NC(=O)c1cccc(Br)c1)[C@@H](C)C(=O)N1CC[C@](O)(c2ccc(Cl)cc2)C(C)(C)C1. The van der Waals surface area contributed by atoms with Crippen molar-refractivity contribution in [1.29, 1.82) is 0 Å². The third-order valence-electron chi connectivity index (χ3n) is 6.67. The molecule has 0 radical (unpaired) electrons. The fourth-order valence-corrected chi connectivity index (χ4v) is 4.84. The van der Waals surface area contributed by atoms with Crippen molar-refractivity contribution in [2.45, 2.75) is 45.8 Å². The second kappa shape index (κ2) is 9.54. The van der Waals surface area contributed by atoms with E-state index in [1.165, 1.54) is 0 Å². The lowest BCUT2D eigenvalue weighted by Crippen LogP contribution is -2.58. The summed E-state index contributed by atoms with van der Waals surface area (Å²) in [6, 6.07) is 14.1. The highest BCUT2D eigenvalue weighted by Crippen LogP contribution is 2.46. The van der Waals surface area contributed by atoms with E-state index in [1.807, 2.05) is 45.9 Å². The van der Waals surface area contributed by atoms with Gasteiger partial charge >= 0.3 is 0 Å². The number of hydrogen-bond donors (Lipinski definition) is 2. The summed E-state index contributed by atoms with van der Waals surface area (Å²) in [4.78, 5) is 27.6. The monoisotopic (exact) mass is 520 g/mol. The minimum atomic E-state index is -1.06. The van der Waals surface area contributed by atoms with Gasteiger partial charge in [0.15, 0.2) is 0 Å². The van der Waals surface area contributed by atoms with Crippen LogP contribution in [0.25, 0.3) is 0 Å². The molecule has 172 valence electrons. The van der Waals surface area contributed by atoms with Crippen LogP contribution in [0.2, 0.25) is 5.02 Å². The Morgan fingerprint density at radius 2 is 1.81 bits per heavy atom. The molecule has 0 bridgehead atoms. The van der Waals surface area contributed by atoms with Crippen LogP contribution in [0.3, 0.4) is 0 Å². The molecule has 1 unspecified atom stereocenters. The molecule has 2 N–H and O–H groups in total. The number of piperidine rings is 1. The standard InChI is InChI=1S/C25H30BrClN2O3/c1-16(17(2)28-22(30)18-6-5-7-20(26)14-18)23(31)29-13-12-25(32,24(3,4)15-29)19-8-10-21(27)11-9-19/h5-11,14,16-17,32H,12-13,15H2,1-4H3,(H,28,30)/t16-,17?,25+/m1/s1. The molecule has 0 saturated carbocycles. The summed E-state index contributed by atoms with van der Waals surface area (Å²) in [6.45, 7) is 8.49. The molecule has 1 aliphatic rings. The van der Waals surface area contributed by atoms with Gasteiger partial charge in [0.05, 0.1) is 11.5 Å². The number of likely N-dealkylation sites (tertiary alicyclic amines) is 1. The zero-order valence-corrected chi connectivity index (χ0v) is 21.2. The third kappa shape index (κ3) is 5.03. The van der Waals surface area contributed by atoms with Crippen LogP contribution < -0.4 is 5.32 Å². The normalized spacial score (nSPS) is 22.2. The number of benzene rings is 2. The third-order valence-corrected chi connectivity index (χ3v) is 7.41. The van der Waals surface area contributed by atoms with Gasteiger partial charge in [-0.3, -0.25) is 9.59 Å². The molecular formula is C25H30BrClN2O3. The van der Waals surface area contributed by atoms with Crippen molar-refractivity contribution in [2.24, 2.45) is 11.3 Å². The van der Waals surface area contributed by atoms with Crippen molar-refractivity contribution >= 4 is 39.3 Å². The smallest absolute Gasteiger partial charge is 0.251 e. The highest BCUT2D eigenvalue weighted by molar-refractivity contribution is 9.10. The zero-order chi connectivity index (χ0) is 23.7. The molecule has 0 aliphatic carbocycles. The number of carbonyl (C=O) groups excluding carboxylic acids is 2. The number of amides is 2. The van der Waals surface area contributed by atoms with E-state index >= 15 is 0 Å². The molecular weight excluding hydrogens is 492 g/mol. The van der Waals surface area contributed by atoms with Gasteiger partial charge < -0.3 is 15.3 Å². The van der Waals surface area contributed by atoms with Crippen LogP contribution in [-0.2, 0) is 10.4 Å². The minimum Gasteiger partial charge on any atom is -0.384 e. The lowest BCUT2D eigenvalue weighted by atomic mass is 9.66. The number of hydrogen-bond acceptors (Lipinski definition) is 3. The Hall–Kier alpha value is -1.89. The maximum absolute atomic E-state index is 13.3. The first kappa shape index (κ1) is 24.7. The summed E-state index contributed by atoms with van der Waals surface area (Å²) in [5.41, 5.74) is -0.269. The van der Waals surface area contributed by atoms with Crippen LogP contribution in [0.1, 0.15) is 50.0 Å². The number of carbonyl (C=O) groups is 2. The van der Waals surface area contributed by atoms with Gasteiger partial charge in [0.2, 0.25) is 5.91 Å². The van der Waals surface area contributed by atoms with E-state index in [0.29, 0.717) is 30.1 Å². The van der Waals surface area contributed by atoms with E-state index < -0.39 is 16.9 Å². The summed E-state index contributed by atoms with van der Waals surface area (Å²) >= 11 is 9.39. The summed E-state index contributed by atoms with van der Waals surface area (Å²) in [5.74, 6) is -0.642. The predicted molar refractivity (Wildman–Crippen MR) is 131 cm³/mol. The van der Waals surface area contributed by atoms with Crippen LogP contribution in [-0.4, -0.2) is 41.0 Å². The van der Waals surface area contributed by atoms with Crippen molar-refractivity contribution in [2.75, 3.05) is 13.1 Å². The molecule has 1 fully saturated rings. The fourth-order valence-electron chi connectivity index (χ4n) is 4.32. The Balaban J connectivity index is 1.67. The summed E-state index contributed by atoms with van der Waals surface area (Å²) < 4.78 is 0.825. The van der Waals surface area contributed by atoms with Gasteiger partial charge in [0.1, 0.15) is 0 Å². The highest BCUT2D eigenvalue weighted by Gasteiger charge is 2.50. The van der Waals surface area contributed by atoms with Gasteiger partial charge in [-0.2, -0.15) is 0 Å². The van der Waals surface area contributed by atoms with E-state index in [9.17, 15) is 14.7 Å². The van der Waals surface area contributed by atoms with Gasteiger partial charge in [0.25, 0.3) is 5.91 Å². The van der Waals surface area contributed by atoms with E-state index in [-0.39, 0.29) is 17.9 Å². The molecule has 3 atom stereocenters. The molecule has 0 spiro atoms. The second-order valence-electron chi connectivity index (χ2n) is 9.32. The van der Waals surface area contributed by atoms with Crippen LogP contribution in [0.15, 0.2) is 53.0 Å². The van der Waals surface area contributed by atoms with Crippen molar-refractivity contribution in [3.8, 4) is 0 Å². The fraction of sp³-hybridized carbons (Fsp3) is 0.440. The van der Waals surface area contributed by atoms with E-state index in [4.69, 9.17) is 11.6 Å². The molecule has 2 amide bonds. The largest absolute Gasteiger partial charge is 0.384 e. The molecule has 1 aliphatic heterocycles. The van der Waals surface area contributed by atoms with Crippen LogP contribution in [0.4, 0.5) is 0 Å². The van der Waals surface area contributed by atoms with Crippen LogP contribution >= 0.6 is 27.5 Å². The predicted octanol–water partition coefficient (Wildman–Crippen LogP) is 5.00. The Morgan fingerprint density at radius 1 is 1.16 bits per heavy atom. The van der Waals surface area contributed by atoms with Gasteiger partial charge in [-0.1, -0.05) is 66.5 Å². The quantitative estimate of drug-likeness (QED) is 0.581. The first-order valence-electron chi connectivity index (χ1n) is 10.8. The Morgan fingerprint density at radius 3 is 2.41 bits per heavy atom. The Kier molecular flexibility index (Phi) is 7.38. The summed E-state index contributed by atoms with van der Waals surface area (Å²) in [5, 5.41) is 15.1. The van der Waals surface area contributed by atoms with E-state index in [2.05, 4.69) is 21.2 Å². The molecule has 7 heteroatoms. The molecule has 3 rings (SSSR count).